The van der Waals surface area contributed by atoms with Crippen LogP contribution in [0.25, 0.3) is 11.3 Å². The van der Waals surface area contributed by atoms with Gasteiger partial charge < -0.3 is 10.2 Å². The molecule has 0 radical (unpaired) electrons. The number of furan rings is 1. The number of nitrogens with two attached hydrogens (primary N) is 1. The molecule has 0 bridgehead atoms. The largest absolute Gasteiger partial charge is 0.464 e. The molecule has 2 N–H and O–H groups in total. The molecule has 2 aromatic heterocycles. The van der Waals surface area contributed by atoms with E-state index in [9.17, 15) is 0 Å². The molecule has 2 heterocycles. The Morgan fingerprint density at radius 1 is 1.46 bits per heavy atom. The minimum atomic E-state index is 0.403. The van der Waals surface area contributed by atoms with Gasteiger partial charge in [-0.1, -0.05) is 11.6 Å². The fourth-order valence-corrected chi connectivity index (χ4v) is 1.31. The molecule has 0 aliphatic rings. The summed E-state index contributed by atoms with van der Waals surface area (Å²) in [4.78, 5) is 3.93. The van der Waals surface area contributed by atoms with E-state index < -0.39 is 0 Å². The molecule has 0 fully saturated rings. The van der Waals surface area contributed by atoms with Crippen molar-refractivity contribution in [1.29, 1.82) is 0 Å². The van der Waals surface area contributed by atoms with E-state index in [0.29, 0.717) is 16.6 Å². The van der Waals surface area contributed by atoms with E-state index in [1.807, 2.05) is 6.07 Å². The highest BCUT2D eigenvalue weighted by molar-refractivity contribution is 6.33. The third kappa shape index (κ3) is 1.51. The third-order valence-corrected chi connectivity index (χ3v) is 1.97. The van der Waals surface area contributed by atoms with Crippen LogP contribution in [0.15, 0.2) is 35.1 Å². The Kier molecular flexibility index (Phi) is 1.94. The standard InChI is InChI=1S/C9H7ClN2O/c10-7-4-9(11)12-5-6(7)8-2-1-3-13-8/h1-5H,(H2,11,12). The first-order valence-corrected chi connectivity index (χ1v) is 4.10. The van der Waals surface area contributed by atoms with Crippen LogP contribution in [-0.4, -0.2) is 4.98 Å². The molecule has 3 nitrogen and oxygen atoms in total. The van der Waals surface area contributed by atoms with Gasteiger partial charge in [-0.25, -0.2) is 4.98 Å². The molecule has 0 unspecified atom stereocenters. The number of anilines is 1. The van der Waals surface area contributed by atoms with Gasteiger partial charge in [0.05, 0.1) is 16.8 Å². The van der Waals surface area contributed by atoms with E-state index >= 15 is 0 Å². The van der Waals surface area contributed by atoms with Gasteiger partial charge in [-0.05, 0) is 18.2 Å². The summed E-state index contributed by atoms with van der Waals surface area (Å²) >= 11 is 5.94. The maximum Gasteiger partial charge on any atom is 0.136 e. The van der Waals surface area contributed by atoms with Crippen molar-refractivity contribution in [3.63, 3.8) is 0 Å². The van der Waals surface area contributed by atoms with Crippen molar-refractivity contribution >= 4 is 17.4 Å². The van der Waals surface area contributed by atoms with Crippen molar-refractivity contribution in [2.24, 2.45) is 0 Å². The molecule has 0 aliphatic heterocycles. The van der Waals surface area contributed by atoms with Gasteiger partial charge in [0.25, 0.3) is 0 Å². The van der Waals surface area contributed by atoms with Crippen LogP contribution >= 0.6 is 11.6 Å². The summed E-state index contributed by atoms with van der Waals surface area (Å²) in [6.07, 6.45) is 3.18. The topological polar surface area (TPSA) is 52.0 Å². The predicted molar refractivity (Wildman–Crippen MR) is 51.4 cm³/mol. The zero-order chi connectivity index (χ0) is 9.26. The zero-order valence-corrected chi connectivity index (χ0v) is 7.45. The lowest BCUT2D eigenvalue weighted by Gasteiger charge is -2.00. The maximum absolute atomic E-state index is 5.94. The Hall–Kier alpha value is -1.48. The highest BCUT2D eigenvalue weighted by Gasteiger charge is 2.06. The van der Waals surface area contributed by atoms with E-state index in [1.165, 1.54) is 0 Å². The first kappa shape index (κ1) is 8.13. The quantitative estimate of drug-likeness (QED) is 0.759. The molecule has 0 spiro atoms. The second-order valence-corrected chi connectivity index (χ2v) is 2.97. The Morgan fingerprint density at radius 3 is 2.92 bits per heavy atom. The van der Waals surface area contributed by atoms with Crippen LogP contribution in [0.4, 0.5) is 5.82 Å². The van der Waals surface area contributed by atoms with E-state index in [1.54, 1.807) is 24.6 Å². The van der Waals surface area contributed by atoms with Gasteiger partial charge in [0, 0.05) is 6.20 Å². The zero-order valence-electron chi connectivity index (χ0n) is 6.70. The summed E-state index contributed by atoms with van der Waals surface area (Å²) < 4.78 is 5.17. The van der Waals surface area contributed by atoms with Gasteiger partial charge in [0.15, 0.2) is 0 Å². The molecule has 0 amide bonds. The average molecular weight is 195 g/mol. The summed E-state index contributed by atoms with van der Waals surface area (Å²) in [5, 5.41) is 0.544. The Morgan fingerprint density at radius 2 is 2.31 bits per heavy atom. The highest BCUT2D eigenvalue weighted by Crippen LogP contribution is 2.28. The number of pyridine rings is 1. The third-order valence-electron chi connectivity index (χ3n) is 1.66. The molecule has 2 aromatic rings. The summed E-state index contributed by atoms with van der Waals surface area (Å²) in [6.45, 7) is 0. The van der Waals surface area contributed by atoms with Crippen molar-refractivity contribution in [1.82, 2.24) is 4.98 Å². The molecule has 2 rings (SSSR count). The van der Waals surface area contributed by atoms with E-state index in [2.05, 4.69) is 4.98 Å². The number of rotatable bonds is 1. The molecular formula is C9H7ClN2O. The van der Waals surface area contributed by atoms with E-state index in [-0.39, 0.29) is 0 Å². The Bertz CT molecular complexity index is 412. The van der Waals surface area contributed by atoms with Crippen molar-refractivity contribution < 1.29 is 4.42 Å². The Balaban J connectivity index is 2.53. The highest BCUT2D eigenvalue weighted by atomic mass is 35.5. The van der Waals surface area contributed by atoms with Crippen LogP contribution in [0.5, 0.6) is 0 Å². The number of hydrogen-bond donors (Lipinski definition) is 1. The molecule has 13 heavy (non-hydrogen) atoms. The molecule has 0 aromatic carbocycles. The predicted octanol–water partition coefficient (Wildman–Crippen LogP) is 2.58. The first-order valence-electron chi connectivity index (χ1n) is 3.72. The van der Waals surface area contributed by atoms with Crippen LogP contribution < -0.4 is 5.73 Å². The lowest BCUT2D eigenvalue weighted by Crippen LogP contribution is -1.89. The Labute approximate surface area is 80.1 Å². The van der Waals surface area contributed by atoms with Gasteiger partial charge in [0.2, 0.25) is 0 Å². The molecule has 0 saturated heterocycles. The second kappa shape index (κ2) is 3.11. The van der Waals surface area contributed by atoms with E-state index in [4.69, 9.17) is 21.8 Å². The molecular weight excluding hydrogens is 188 g/mol. The maximum atomic E-state index is 5.94. The fraction of sp³-hybridized carbons (Fsp3) is 0. The van der Waals surface area contributed by atoms with Crippen LogP contribution in [0.2, 0.25) is 5.02 Å². The van der Waals surface area contributed by atoms with Gasteiger partial charge in [0.1, 0.15) is 11.6 Å². The van der Waals surface area contributed by atoms with Crippen molar-refractivity contribution in [3.8, 4) is 11.3 Å². The number of halogens is 1. The van der Waals surface area contributed by atoms with Gasteiger partial charge in [-0.3, -0.25) is 0 Å². The first-order chi connectivity index (χ1) is 6.27. The van der Waals surface area contributed by atoms with E-state index in [0.717, 1.165) is 5.56 Å². The average Bonchev–Trinajstić information content (AvgIpc) is 2.56. The summed E-state index contributed by atoms with van der Waals surface area (Å²) in [5.41, 5.74) is 6.21. The van der Waals surface area contributed by atoms with Crippen molar-refractivity contribution in [3.05, 3.63) is 35.7 Å². The number of hydrogen-bond acceptors (Lipinski definition) is 3. The van der Waals surface area contributed by atoms with Gasteiger partial charge >= 0.3 is 0 Å². The smallest absolute Gasteiger partial charge is 0.136 e. The lowest BCUT2D eigenvalue weighted by atomic mass is 10.2. The second-order valence-electron chi connectivity index (χ2n) is 2.57. The summed E-state index contributed by atoms with van der Waals surface area (Å²) in [6, 6.07) is 5.21. The molecule has 66 valence electrons. The number of aromatic nitrogens is 1. The van der Waals surface area contributed by atoms with Crippen molar-refractivity contribution in [2.75, 3.05) is 5.73 Å². The molecule has 0 saturated carbocycles. The molecule has 4 heteroatoms. The van der Waals surface area contributed by atoms with Crippen LogP contribution in [-0.2, 0) is 0 Å². The SMILES string of the molecule is Nc1cc(Cl)c(-c2ccco2)cn1. The van der Waals surface area contributed by atoms with Gasteiger partial charge in [-0.2, -0.15) is 0 Å². The number of nitrogens with zero attached hydrogens (tertiary/aromatic N) is 1. The summed E-state index contributed by atoms with van der Waals surface area (Å²) in [7, 11) is 0. The van der Waals surface area contributed by atoms with Crippen LogP contribution in [0, 0.1) is 0 Å². The molecule has 0 aliphatic carbocycles. The van der Waals surface area contributed by atoms with Crippen LogP contribution in [0.3, 0.4) is 0 Å². The van der Waals surface area contributed by atoms with Crippen molar-refractivity contribution in [2.45, 2.75) is 0 Å². The fourth-order valence-electron chi connectivity index (χ4n) is 1.06. The monoisotopic (exact) mass is 194 g/mol. The molecule has 0 atom stereocenters. The lowest BCUT2D eigenvalue weighted by molar-refractivity contribution is 0.582. The summed E-state index contributed by atoms with van der Waals surface area (Å²) in [5.74, 6) is 1.10. The van der Waals surface area contributed by atoms with Crippen LogP contribution in [0.1, 0.15) is 0 Å². The minimum Gasteiger partial charge on any atom is -0.464 e. The number of nitrogen functional groups attached to an aromatic ring is 1. The minimum absolute atomic E-state index is 0.403. The normalized spacial score (nSPS) is 10.2. The van der Waals surface area contributed by atoms with Gasteiger partial charge in [-0.15, -0.1) is 0 Å².